The molecule has 3 amide bonds. The molecule has 0 aromatic heterocycles. The molecule has 342 valence electrons. The molecule has 0 bridgehead atoms. The van der Waals surface area contributed by atoms with Crippen molar-refractivity contribution in [2.24, 2.45) is 0 Å². The Kier molecular flexibility index (Phi) is 20.3. The number of benzene rings is 1. The van der Waals surface area contributed by atoms with E-state index in [-0.39, 0.29) is 5.56 Å². The van der Waals surface area contributed by atoms with Crippen LogP contribution in [0.25, 0.3) is 0 Å². The number of carbonyl (C=O) groups is 3. The Bertz CT molecular complexity index is 1480. The molecule has 3 fully saturated rings. The van der Waals surface area contributed by atoms with E-state index in [2.05, 4.69) is 22.9 Å². The molecule has 19 nitrogen and oxygen atoms in total. The standard InChI is InChI=1S/C41H67N3O16/c1-5-6-7-8-9-10-11-12-13-17-55-26-16-14-15-25(18-26)39(54)44-31-34(51)33(50)27(19-45)57-40(31)60-38-29(21-47)58-41(32(36(38)53)43-24(4)49)59-37-28(20-46)56-22(2)30(35(37)52)42-23(3)48/h14-16,18,22,27-38,40-41,45-47,50-53H,5-13,17,19-21H2,1-4H3,(H,42,48)(H,43,49)(H,44,54)/t22-,27?,28?,29-,30+,31-,32?,33+,34?,35?,36?,37+,38+,40-,41-/m0/s1. The molecular formula is C41H67N3O16. The maximum absolute atomic E-state index is 13.6. The van der Waals surface area contributed by atoms with Crippen molar-refractivity contribution in [3.63, 3.8) is 0 Å². The monoisotopic (exact) mass is 857 g/mol. The van der Waals surface area contributed by atoms with Gasteiger partial charge in [0.2, 0.25) is 11.8 Å². The van der Waals surface area contributed by atoms with Gasteiger partial charge in [0.25, 0.3) is 5.91 Å². The Morgan fingerprint density at radius 3 is 1.70 bits per heavy atom. The number of aliphatic hydroxyl groups is 7. The number of ether oxygens (including phenoxy) is 6. The first kappa shape index (κ1) is 49.6. The molecule has 10 N–H and O–H groups in total. The molecule has 0 spiro atoms. The van der Waals surface area contributed by atoms with E-state index in [1.807, 2.05) is 0 Å². The molecule has 15 atom stereocenters. The second kappa shape index (κ2) is 24.6. The minimum absolute atomic E-state index is 0.148. The molecule has 1 aromatic rings. The van der Waals surface area contributed by atoms with E-state index in [1.54, 1.807) is 19.1 Å². The number of hydrogen-bond donors (Lipinski definition) is 10. The van der Waals surface area contributed by atoms with Crippen LogP contribution in [0.1, 0.15) is 95.8 Å². The number of hydrogen-bond acceptors (Lipinski definition) is 16. The van der Waals surface area contributed by atoms with Gasteiger partial charge in [0.1, 0.15) is 72.8 Å². The van der Waals surface area contributed by atoms with Gasteiger partial charge in [0, 0.05) is 19.4 Å². The van der Waals surface area contributed by atoms with Gasteiger partial charge in [-0.2, -0.15) is 0 Å². The van der Waals surface area contributed by atoms with Crippen molar-refractivity contribution in [2.75, 3.05) is 26.4 Å². The van der Waals surface area contributed by atoms with Gasteiger partial charge in [0.05, 0.1) is 38.6 Å². The summed E-state index contributed by atoms with van der Waals surface area (Å²) in [5, 5.41) is 83.3. The van der Waals surface area contributed by atoms with E-state index in [0.717, 1.165) is 26.2 Å². The molecular weight excluding hydrogens is 790 g/mol. The Labute approximate surface area is 351 Å². The first-order valence-corrected chi connectivity index (χ1v) is 21.1. The zero-order valence-corrected chi connectivity index (χ0v) is 35.0. The molecule has 19 heteroatoms. The van der Waals surface area contributed by atoms with Crippen LogP contribution < -0.4 is 20.7 Å². The second-order valence-electron chi connectivity index (χ2n) is 15.8. The normalized spacial score (nSPS) is 34.4. The zero-order chi connectivity index (χ0) is 43.9. The van der Waals surface area contributed by atoms with Gasteiger partial charge in [-0.05, 0) is 31.5 Å². The Balaban J connectivity index is 1.47. The van der Waals surface area contributed by atoms with Crippen LogP contribution in [0.5, 0.6) is 5.75 Å². The lowest BCUT2D eigenvalue weighted by atomic mass is 9.92. The predicted octanol–water partition coefficient (Wildman–Crippen LogP) is -0.868. The molecule has 60 heavy (non-hydrogen) atoms. The summed E-state index contributed by atoms with van der Waals surface area (Å²) >= 11 is 0. The lowest BCUT2D eigenvalue weighted by Gasteiger charge is -2.50. The van der Waals surface area contributed by atoms with Gasteiger partial charge >= 0.3 is 0 Å². The molecule has 3 saturated heterocycles. The van der Waals surface area contributed by atoms with Crippen molar-refractivity contribution in [2.45, 2.75) is 177 Å². The third-order valence-electron chi connectivity index (χ3n) is 11.1. The average Bonchev–Trinajstić information content (AvgIpc) is 3.22. The van der Waals surface area contributed by atoms with Gasteiger partial charge < -0.3 is 80.1 Å². The average molecular weight is 858 g/mol. The number of unbranched alkanes of at least 4 members (excludes halogenated alkanes) is 8. The van der Waals surface area contributed by atoms with Crippen LogP contribution in [0.4, 0.5) is 0 Å². The summed E-state index contributed by atoms with van der Waals surface area (Å²) in [5.74, 6) is -1.39. The molecule has 0 radical (unpaired) electrons. The number of nitrogens with one attached hydrogen (secondary N) is 3. The molecule has 0 saturated carbocycles. The fourth-order valence-electron chi connectivity index (χ4n) is 7.86. The molecule has 3 aliphatic heterocycles. The van der Waals surface area contributed by atoms with E-state index < -0.39 is 129 Å². The highest BCUT2D eigenvalue weighted by Gasteiger charge is 2.54. The van der Waals surface area contributed by atoms with Gasteiger partial charge in [-0.25, -0.2) is 0 Å². The van der Waals surface area contributed by atoms with E-state index in [0.29, 0.717) is 12.4 Å². The minimum atomic E-state index is -1.78. The summed E-state index contributed by atoms with van der Waals surface area (Å²) in [6, 6.07) is 2.41. The first-order valence-electron chi connectivity index (χ1n) is 21.1. The van der Waals surface area contributed by atoms with E-state index in [4.69, 9.17) is 28.4 Å². The van der Waals surface area contributed by atoms with Gasteiger partial charge in [-0.3, -0.25) is 14.4 Å². The fourth-order valence-corrected chi connectivity index (χ4v) is 7.86. The number of amides is 3. The van der Waals surface area contributed by atoms with Gasteiger partial charge in [-0.15, -0.1) is 0 Å². The quantitative estimate of drug-likeness (QED) is 0.0635. The number of carbonyl (C=O) groups excluding carboxylic acids is 3. The van der Waals surface area contributed by atoms with Crippen LogP contribution in [-0.4, -0.2) is 172 Å². The second-order valence-corrected chi connectivity index (χ2v) is 15.8. The summed E-state index contributed by atoms with van der Waals surface area (Å²) in [6.07, 6.45) is -7.30. The molecule has 4 rings (SSSR count). The van der Waals surface area contributed by atoms with E-state index in [1.165, 1.54) is 57.6 Å². The van der Waals surface area contributed by atoms with Crippen LogP contribution in [0.2, 0.25) is 0 Å². The maximum atomic E-state index is 13.6. The Hall–Kier alpha value is -3.05. The van der Waals surface area contributed by atoms with Crippen LogP contribution in [-0.2, 0) is 33.3 Å². The third-order valence-corrected chi connectivity index (χ3v) is 11.1. The van der Waals surface area contributed by atoms with Crippen LogP contribution >= 0.6 is 0 Å². The van der Waals surface area contributed by atoms with Crippen molar-refractivity contribution in [3.8, 4) is 5.75 Å². The summed E-state index contributed by atoms with van der Waals surface area (Å²) in [4.78, 5) is 38.0. The highest BCUT2D eigenvalue weighted by molar-refractivity contribution is 5.94. The Morgan fingerprint density at radius 2 is 1.13 bits per heavy atom. The molecule has 0 aliphatic carbocycles. The van der Waals surface area contributed by atoms with E-state index in [9.17, 15) is 50.1 Å². The van der Waals surface area contributed by atoms with Crippen molar-refractivity contribution in [3.05, 3.63) is 29.8 Å². The molecule has 1 aromatic carbocycles. The minimum Gasteiger partial charge on any atom is -0.494 e. The maximum Gasteiger partial charge on any atom is 0.251 e. The number of aliphatic hydroxyl groups excluding tert-OH is 7. The first-order chi connectivity index (χ1) is 28.7. The van der Waals surface area contributed by atoms with Crippen molar-refractivity contribution >= 4 is 17.7 Å². The summed E-state index contributed by atoms with van der Waals surface area (Å²) < 4.78 is 35.7. The topological polar surface area (TPSA) is 284 Å². The lowest BCUT2D eigenvalue weighted by molar-refractivity contribution is -0.346. The van der Waals surface area contributed by atoms with Gasteiger partial charge in [0.15, 0.2) is 12.6 Å². The number of rotatable bonds is 22. The lowest BCUT2D eigenvalue weighted by Crippen LogP contribution is -2.70. The van der Waals surface area contributed by atoms with Crippen molar-refractivity contribution in [1.82, 2.24) is 16.0 Å². The molecule has 3 heterocycles. The van der Waals surface area contributed by atoms with Crippen molar-refractivity contribution < 1.29 is 78.6 Å². The highest BCUT2D eigenvalue weighted by Crippen LogP contribution is 2.33. The smallest absolute Gasteiger partial charge is 0.251 e. The summed E-state index contributed by atoms with van der Waals surface area (Å²) in [5.41, 5.74) is 0.148. The molecule has 3 aliphatic rings. The third kappa shape index (κ3) is 13.5. The van der Waals surface area contributed by atoms with Crippen LogP contribution in [0.3, 0.4) is 0 Å². The van der Waals surface area contributed by atoms with Gasteiger partial charge in [-0.1, -0.05) is 64.4 Å². The highest BCUT2D eigenvalue weighted by atomic mass is 16.7. The Morgan fingerprint density at radius 1 is 0.633 bits per heavy atom. The zero-order valence-electron chi connectivity index (χ0n) is 35.0. The summed E-state index contributed by atoms with van der Waals surface area (Å²) in [7, 11) is 0. The summed E-state index contributed by atoms with van der Waals surface area (Å²) in [6.45, 7) is 4.41. The fraction of sp³-hybridized carbons (Fsp3) is 0.780. The van der Waals surface area contributed by atoms with Crippen molar-refractivity contribution in [1.29, 1.82) is 0 Å². The SMILES string of the molecule is CCCCCCCCCCCOc1cccc(C(=O)N[C@H]2C(O)[C@H](O)C(CO)O[C@H]2O[C@H]2C(O)C(NC(C)=O)[C@H](O[C@@H]3C(CO)O[C@@H](C)[C@@H](NC(C)=O)C3O)O[C@H]2CO)c1. The largest absolute Gasteiger partial charge is 0.494 e. The van der Waals surface area contributed by atoms with Crippen LogP contribution in [0.15, 0.2) is 24.3 Å². The predicted molar refractivity (Wildman–Crippen MR) is 212 cm³/mol. The van der Waals surface area contributed by atoms with Crippen LogP contribution in [0, 0.1) is 0 Å². The molecule has 6 unspecified atom stereocenters. The van der Waals surface area contributed by atoms with E-state index >= 15 is 0 Å².